The Hall–Kier alpha value is -1.45. The minimum atomic E-state index is -2.44. The standard InChI is InChI=1S/C13H18F2N4OS2/c1-19(2)8-7-11(20)17-18-13(21)16-9-3-5-10(6-4-9)22-12(14)15/h3-6,12H,7-8H2,1-2H3,(H,17,20)(H2,16,18,21)/p+1. The van der Waals surface area contributed by atoms with Crippen molar-refractivity contribution in [2.45, 2.75) is 17.1 Å². The molecule has 0 saturated heterocycles. The highest BCUT2D eigenvalue weighted by atomic mass is 32.2. The summed E-state index contributed by atoms with van der Waals surface area (Å²) in [4.78, 5) is 13.2. The van der Waals surface area contributed by atoms with E-state index < -0.39 is 5.76 Å². The molecule has 1 rings (SSSR count). The molecule has 5 nitrogen and oxygen atoms in total. The second-order valence-electron chi connectivity index (χ2n) is 4.74. The first kappa shape index (κ1) is 18.6. The number of alkyl halides is 2. The molecule has 22 heavy (non-hydrogen) atoms. The number of rotatable bonds is 6. The van der Waals surface area contributed by atoms with E-state index in [2.05, 4.69) is 16.2 Å². The number of hydrogen-bond acceptors (Lipinski definition) is 3. The number of carbonyl (C=O) groups is 1. The maximum atomic E-state index is 12.2. The van der Waals surface area contributed by atoms with Gasteiger partial charge >= 0.3 is 0 Å². The van der Waals surface area contributed by atoms with Crippen molar-refractivity contribution in [1.29, 1.82) is 0 Å². The van der Waals surface area contributed by atoms with Gasteiger partial charge in [0.05, 0.1) is 27.1 Å². The summed E-state index contributed by atoms with van der Waals surface area (Å²) in [7, 11) is 3.92. The molecule has 0 aliphatic heterocycles. The predicted octanol–water partition coefficient (Wildman–Crippen LogP) is 0.854. The van der Waals surface area contributed by atoms with Gasteiger partial charge in [-0.3, -0.25) is 15.6 Å². The van der Waals surface area contributed by atoms with Gasteiger partial charge in [0.1, 0.15) is 0 Å². The lowest BCUT2D eigenvalue weighted by atomic mass is 10.3. The lowest BCUT2D eigenvalue weighted by molar-refractivity contribution is -0.857. The van der Waals surface area contributed by atoms with Gasteiger partial charge in [0.2, 0.25) is 5.91 Å². The average molecular weight is 349 g/mol. The first-order valence-corrected chi connectivity index (χ1v) is 7.85. The molecule has 4 N–H and O–H groups in total. The topological polar surface area (TPSA) is 57.6 Å². The van der Waals surface area contributed by atoms with E-state index in [4.69, 9.17) is 12.2 Å². The fourth-order valence-electron chi connectivity index (χ4n) is 1.43. The van der Waals surface area contributed by atoms with Gasteiger partial charge < -0.3 is 10.2 Å². The molecule has 0 saturated carbocycles. The maximum Gasteiger partial charge on any atom is 0.288 e. The molecule has 122 valence electrons. The van der Waals surface area contributed by atoms with Crippen LogP contribution >= 0.6 is 24.0 Å². The van der Waals surface area contributed by atoms with Crippen molar-refractivity contribution in [2.24, 2.45) is 0 Å². The molecule has 9 heteroatoms. The van der Waals surface area contributed by atoms with Gasteiger partial charge in [-0.1, -0.05) is 11.8 Å². The largest absolute Gasteiger partial charge is 0.339 e. The number of hydrazine groups is 1. The molecule has 0 aliphatic rings. The minimum Gasteiger partial charge on any atom is -0.339 e. The second-order valence-corrected chi connectivity index (χ2v) is 6.21. The molecular formula is C13H19F2N4OS2+. The number of carbonyl (C=O) groups excluding carboxylic acids is 1. The monoisotopic (exact) mass is 349 g/mol. The van der Waals surface area contributed by atoms with Crippen molar-refractivity contribution in [1.82, 2.24) is 10.9 Å². The van der Waals surface area contributed by atoms with Gasteiger partial charge in [0.25, 0.3) is 5.76 Å². The van der Waals surface area contributed by atoms with Crippen LogP contribution in [0.15, 0.2) is 29.2 Å². The van der Waals surface area contributed by atoms with Gasteiger partial charge in [0.15, 0.2) is 5.11 Å². The fraction of sp³-hybridized carbons (Fsp3) is 0.385. The minimum absolute atomic E-state index is 0.158. The smallest absolute Gasteiger partial charge is 0.288 e. The summed E-state index contributed by atoms with van der Waals surface area (Å²) >= 11 is 5.50. The molecular weight excluding hydrogens is 330 g/mol. The maximum absolute atomic E-state index is 12.2. The van der Waals surface area contributed by atoms with E-state index in [0.29, 0.717) is 28.8 Å². The SMILES string of the molecule is C[NH+](C)CCC(=O)NNC(=S)Nc1ccc(SC(F)F)cc1. The summed E-state index contributed by atoms with van der Waals surface area (Å²) in [6.45, 7) is 0.719. The van der Waals surface area contributed by atoms with Crippen molar-refractivity contribution >= 4 is 40.7 Å². The summed E-state index contributed by atoms with van der Waals surface area (Å²) in [5.41, 5.74) is 5.72. The van der Waals surface area contributed by atoms with Crippen molar-refractivity contribution in [3.63, 3.8) is 0 Å². The summed E-state index contributed by atoms with van der Waals surface area (Å²) in [5, 5.41) is 3.07. The Morgan fingerprint density at radius 1 is 1.27 bits per heavy atom. The van der Waals surface area contributed by atoms with Crippen LogP contribution in [0.1, 0.15) is 6.42 Å². The summed E-state index contributed by atoms with van der Waals surface area (Å²) in [6.07, 6.45) is 0.386. The Kier molecular flexibility index (Phi) is 8.07. The van der Waals surface area contributed by atoms with E-state index in [-0.39, 0.29) is 11.0 Å². The zero-order valence-corrected chi connectivity index (χ0v) is 13.9. The average Bonchev–Trinajstić information content (AvgIpc) is 2.44. The third-order valence-corrected chi connectivity index (χ3v) is 3.43. The Morgan fingerprint density at radius 2 is 1.91 bits per heavy atom. The number of nitrogens with one attached hydrogen (secondary N) is 4. The van der Waals surface area contributed by atoms with Gasteiger partial charge in [-0.05, 0) is 36.5 Å². The van der Waals surface area contributed by atoms with Crippen LogP contribution in [-0.4, -0.2) is 37.4 Å². The molecule has 0 radical (unpaired) electrons. The number of benzene rings is 1. The second kappa shape index (κ2) is 9.54. The molecule has 0 unspecified atom stereocenters. The van der Waals surface area contributed by atoms with E-state index in [1.54, 1.807) is 24.3 Å². The molecule has 0 atom stereocenters. The predicted molar refractivity (Wildman–Crippen MR) is 88.1 cm³/mol. The van der Waals surface area contributed by atoms with E-state index in [1.165, 1.54) is 4.90 Å². The summed E-state index contributed by atoms with van der Waals surface area (Å²) in [5.74, 6) is -2.60. The Bertz CT molecular complexity index is 497. The summed E-state index contributed by atoms with van der Waals surface area (Å²) in [6, 6.07) is 6.41. The normalized spacial score (nSPS) is 10.6. The number of amides is 1. The molecule has 1 aromatic carbocycles. The van der Waals surface area contributed by atoms with Crippen LogP contribution in [0.2, 0.25) is 0 Å². The molecule has 0 heterocycles. The summed E-state index contributed by atoms with van der Waals surface area (Å²) < 4.78 is 24.4. The number of thiocarbonyl (C=S) groups is 1. The lowest BCUT2D eigenvalue weighted by Crippen LogP contribution is -3.05. The first-order valence-electron chi connectivity index (χ1n) is 6.56. The molecule has 1 aromatic rings. The zero-order valence-electron chi connectivity index (χ0n) is 12.3. The molecule has 0 bridgehead atoms. The highest BCUT2D eigenvalue weighted by molar-refractivity contribution is 7.99. The van der Waals surface area contributed by atoms with Crippen LogP contribution in [0, 0.1) is 0 Å². The molecule has 0 fully saturated rings. The van der Waals surface area contributed by atoms with E-state index in [9.17, 15) is 13.6 Å². The van der Waals surface area contributed by atoms with Crippen LogP contribution in [-0.2, 0) is 4.79 Å². The van der Waals surface area contributed by atoms with Crippen molar-refractivity contribution < 1.29 is 18.5 Å². The number of quaternary nitrogens is 1. The van der Waals surface area contributed by atoms with Crippen LogP contribution in [0.5, 0.6) is 0 Å². The van der Waals surface area contributed by atoms with E-state index in [1.807, 2.05) is 14.1 Å². The Morgan fingerprint density at radius 3 is 2.45 bits per heavy atom. The fourth-order valence-corrected chi connectivity index (χ4v) is 2.10. The molecule has 0 aliphatic carbocycles. The van der Waals surface area contributed by atoms with Crippen molar-refractivity contribution in [3.05, 3.63) is 24.3 Å². The third-order valence-electron chi connectivity index (χ3n) is 2.50. The third kappa shape index (κ3) is 8.11. The van der Waals surface area contributed by atoms with E-state index >= 15 is 0 Å². The number of anilines is 1. The highest BCUT2D eigenvalue weighted by Crippen LogP contribution is 2.26. The highest BCUT2D eigenvalue weighted by Gasteiger charge is 2.06. The van der Waals surface area contributed by atoms with Gasteiger partial charge in [-0.2, -0.15) is 8.78 Å². The van der Waals surface area contributed by atoms with Crippen LogP contribution in [0.4, 0.5) is 14.5 Å². The molecule has 1 amide bonds. The molecule has 0 spiro atoms. The van der Waals surface area contributed by atoms with Crippen molar-refractivity contribution in [3.8, 4) is 0 Å². The molecule has 0 aromatic heterocycles. The Balaban J connectivity index is 2.34. The van der Waals surface area contributed by atoms with Crippen LogP contribution in [0.25, 0.3) is 0 Å². The number of hydrogen-bond donors (Lipinski definition) is 4. The quantitative estimate of drug-likeness (QED) is 0.349. The zero-order chi connectivity index (χ0) is 16.5. The van der Waals surface area contributed by atoms with Gasteiger partial charge in [-0.15, -0.1) is 0 Å². The van der Waals surface area contributed by atoms with Crippen LogP contribution in [0.3, 0.4) is 0 Å². The number of halogens is 2. The van der Waals surface area contributed by atoms with Gasteiger partial charge in [0, 0.05) is 10.6 Å². The van der Waals surface area contributed by atoms with Gasteiger partial charge in [-0.25, -0.2) is 0 Å². The van der Waals surface area contributed by atoms with Crippen LogP contribution < -0.4 is 21.1 Å². The number of thioether (sulfide) groups is 1. The Labute approximate surface area is 137 Å². The first-order chi connectivity index (χ1) is 10.4. The lowest BCUT2D eigenvalue weighted by Gasteiger charge is -2.12. The van der Waals surface area contributed by atoms with Crippen molar-refractivity contribution in [2.75, 3.05) is 26.0 Å². The van der Waals surface area contributed by atoms with E-state index in [0.717, 1.165) is 6.54 Å².